The number of piperidine rings is 2. The zero-order valence-corrected chi connectivity index (χ0v) is 18.4. The molecule has 3 saturated heterocycles. The summed E-state index contributed by atoms with van der Waals surface area (Å²) >= 11 is 0. The van der Waals surface area contributed by atoms with Crippen molar-refractivity contribution >= 4 is 23.2 Å². The first kappa shape index (κ1) is 22.9. The van der Waals surface area contributed by atoms with Crippen molar-refractivity contribution in [2.45, 2.75) is 38.5 Å². The van der Waals surface area contributed by atoms with Gasteiger partial charge in [0.2, 0.25) is 11.8 Å². The maximum absolute atomic E-state index is 14.8. The van der Waals surface area contributed by atoms with Gasteiger partial charge in [-0.3, -0.25) is 25.8 Å². The highest BCUT2D eigenvalue weighted by molar-refractivity contribution is 5.98. The number of nitrogens with two attached hydrogens (primary N) is 1. The van der Waals surface area contributed by atoms with Crippen LogP contribution in [0, 0.1) is 17.6 Å². The Morgan fingerprint density at radius 1 is 0.938 bits per heavy atom. The van der Waals surface area contributed by atoms with Crippen LogP contribution in [0.25, 0.3) is 0 Å². The number of halogens is 2. The lowest BCUT2D eigenvalue weighted by Gasteiger charge is -2.37. The Morgan fingerprint density at radius 2 is 1.59 bits per heavy atom. The first-order chi connectivity index (χ1) is 15.4. The number of amides is 2. The largest absolute Gasteiger partial charge is 0.367 e. The molecule has 3 aliphatic heterocycles. The predicted molar refractivity (Wildman–Crippen MR) is 117 cm³/mol. The standard InChI is InChI=1S/C22H32F2N6O2/c23-21-17(26-30-19(31)2-1-3-20(30)32)4-5-18(22(21)24)28-14-12-27(13-15-28)9-6-16-7-10-29(25)11-8-16/h4-5,16,26H,1-3,6-15,25H2. The molecule has 3 heterocycles. The third-order valence-electron chi connectivity index (χ3n) is 6.79. The molecule has 10 heteroatoms. The van der Waals surface area contributed by atoms with E-state index in [-0.39, 0.29) is 24.2 Å². The molecule has 3 aliphatic rings. The van der Waals surface area contributed by atoms with Gasteiger partial charge in [0.25, 0.3) is 0 Å². The molecule has 0 unspecified atom stereocenters. The minimum absolute atomic E-state index is 0.206. The van der Waals surface area contributed by atoms with E-state index in [1.54, 1.807) is 0 Å². The maximum atomic E-state index is 14.8. The molecule has 1 aromatic carbocycles. The minimum atomic E-state index is -1.08. The van der Waals surface area contributed by atoms with E-state index in [4.69, 9.17) is 5.84 Å². The van der Waals surface area contributed by atoms with Crippen molar-refractivity contribution in [1.29, 1.82) is 0 Å². The van der Waals surface area contributed by atoms with Gasteiger partial charge in [0.1, 0.15) is 0 Å². The number of nitrogens with zero attached hydrogens (tertiary/aromatic N) is 4. The monoisotopic (exact) mass is 450 g/mol. The van der Waals surface area contributed by atoms with Gasteiger partial charge < -0.3 is 4.90 Å². The van der Waals surface area contributed by atoms with E-state index in [0.717, 1.165) is 57.0 Å². The fraction of sp³-hybridized carbons (Fsp3) is 0.636. The van der Waals surface area contributed by atoms with Gasteiger partial charge >= 0.3 is 0 Å². The van der Waals surface area contributed by atoms with Crippen LogP contribution in [0.1, 0.15) is 38.5 Å². The Labute approximate surface area is 187 Å². The number of hydrogen-bond acceptors (Lipinski definition) is 7. The van der Waals surface area contributed by atoms with Gasteiger partial charge in [-0.05, 0) is 50.3 Å². The Kier molecular flexibility index (Phi) is 7.22. The normalized spacial score (nSPS) is 22.0. The fourth-order valence-electron chi connectivity index (χ4n) is 4.69. The van der Waals surface area contributed by atoms with Gasteiger partial charge in [0, 0.05) is 52.1 Å². The quantitative estimate of drug-likeness (QED) is 0.506. The molecule has 3 N–H and O–H groups in total. The molecule has 1 aromatic rings. The summed E-state index contributed by atoms with van der Waals surface area (Å²) in [7, 11) is 0. The summed E-state index contributed by atoms with van der Waals surface area (Å²) in [4.78, 5) is 28.1. The van der Waals surface area contributed by atoms with Crippen molar-refractivity contribution in [2.24, 2.45) is 11.8 Å². The number of rotatable bonds is 6. The van der Waals surface area contributed by atoms with E-state index in [0.29, 0.717) is 25.4 Å². The minimum Gasteiger partial charge on any atom is -0.367 e. The van der Waals surface area contributed by atoms with Crippen molar-refractivity contribution in [3.63, 3.8) is 0 Å². The second-order valence-electron chi connectivity index (χ2n) is 8.95. The molecule has 0 radical (unpaired) electrons. The third kappa shape index (κ3) is 5.19. The molecule has 0 bridgehead atoms. The Bertz CT molecular complexity index is 822. The number of imide groups is 1. The van der Waals surface area contributed by atoms with Gasteiger partial charge in [-0.2, -0.15) is 5.01 Å². The van der Waals surface area contributed by atoms with Crippen LogP contribution in [0.15, 0.2) is 12.1 Å². The second kappa shape index (κ2) is 10.1. The Hall–Kier alpha value is -2.30. The van der Waals surface area contributed by atoms with Crippen molar-refractivity contribution in [2.75, 3.05) is 56.1 Å². The molecule has 0 atom stereocenters. The van der Waals surface area contributed by atoms with Gasteiger partial charge in [0.05, 0.1) is 11.4 Å². The molecule has 0 aromatic heterocycles. The summed E-state index contributed by atoms with van der Waals surface area (Å²) in [6, 6.07) is 2.90. The van der Waals surface area contributed by atoms with Crippen LogP contribution in [0.2, 0.25) is 0 Å². The Balaban J connectivity index is 1.31. The molecule has 8 nitrogen and oxygen atoms in total. The molecular formula is C22H32F2N6O2. The molecule has 32 heavy (non-hydrogen) atoms. The summed E-state index contributed by atoms with van der Waals surface area (Å²) in [6.07, 6.45) is 4.30. The van der Waals surface area contributed by atoms with Crippen molar-refractivity contribution in [3.05, 3.63) is 23.8 Å². The summed E-state index contributed by atoms with van der Waals surface area (Å²) in [6.45, 7) is 5.76. The van der Waals surface area contributed by atoms with E-state index in [1.807, 2.05) is 9.91 Å². The fourth-order valence-corrected chi connectivity index (χ4v) is 4.69. The average molecular weight is 451 g/mol. The number of anilines is 2. The van der Waals surface area contributed by atoms with Gasteiger partial charge in [-0.1, -0.05) is 0 Å². The third-order valence-corrected chi connectivity index (χ3v) is 6.79. The highest BCUT2D eigenvalue weighted by atomic mass is 19.2. The molecule has 0 spiro atoms. The summed E-state index contributed by atoms with van der Waals surface area (Å²) in [5.74, 6) is 3.61. The molecule has 0 saturated carbocycles. The van der Waals surface area contributed by atoms with Gasteiger partial charge in [-0.25, -0.2) is 13.8 Å². The zero-order chi connectivity index (χ0) is 22.7. The number of hydrogen-bond donors (Lipinski definition) is 2. The van der Waals surface area contributed by atoms with E-state index in [1.165, 1.54) is 12.1 Å². The number of carbonyl (C=O) groups excluding carboxylic acids is 2. The summed E-state index contributed by atoms with van der Waals surface area (Å²) in [5.41, 5.74) is 2.46. The van der Waals surface area contributed by atoms with Crippen LogP contribution in [0.3, 0.4) is 0 Å². The molecule has 4 rings (SSSR count). The number of nitrogens with one attached hydrogen (secondary N) is 1. The molecule has 3 fully saturated rings. The van der Waals surface area contributed by atoms with Crippen LogP contribution in [0.4, 0.5) is 20.2 Å². The van der Waals surface area contributed by atoms with Gasteiger partial charge in [-0.15, -0.1) is 0 Å². The van der Waals surface area contributed by atoms with Gasteiger partial charge in [0.15, 0.2) is 11.6 Å². The van der Waals surface area contributed by atoms with Crippen molar-refractivity contribution < 1.29 is 18.4 Å². The number of carbonyl (C=O) groups is 2. The van der Waals surface area contributed by atoms with E-state index >= 15 is 0 Å². The lowest BCUT2D eigenvalue weighted by atomic mass is 9.94. The lowest BCUT2D eigenvalue weighted by molar-refractivity contribution is -0.146. The zero-order valence-electron chi connectivity index (χ0n) is 18.4. The van der Waals surface area contributed by atoms with Crippen LogP contribution in [-0.2, 0) is 9.59 Å². The van der Waals surface area contributed by atoms with Crippen LogP contribution >= 0.6 is 0 Å². The lowest BCUT2D eigenvalue weighted by Crippen LogP contribution is -2.47. The van der Waals surface area contributed by atoms with Crippen LogP contribution < -0.4 is 16.2 Å². The number of hydrazine groups is 2. The molecule has 176 valence electrons. The second-order valence-corrected chi connectivity index (χ2v) is 8.95. The topological polar surface area (TPSA) is 85.2 Å². The van der Waals surface area contributed by atoms with Crippen molar-refractivity contribution in [3.8, 4) is 0 Å². The van der Waals surface area contributed by atoms with E-state index in [9.17, 15) is 18.4 Å². The number of piperazine rings is 1. The maximum Gasteiger partial charge on any atom is 0.248 e. The molecule has 2 amide bonds. The van der Waals surface area contributed by atoms with E-state index < -0.39 is 23.4 Å². The molecular weight excluding hydrogens is 418 g/mol. The Morgan fingerprint density at radius 3 is 2.25 bits per heavy atom. The SMILES string of the molecule is NN1CCC(CCN2CCN(c3ccc(NN4C(=O)CCCC4=O)c(F)c3F)CC2)CC1. The van der Waals surface area contributed by atoms with E-state index in [2.05, 4.69) is 10.3 Å². The van der Waals surface area contributed by atoms with Crippen LogP contribution in [0.5, 0.6) is 0 Å². The molecule has 0 aliphatic carbocycles. The summed E-state index contributed by atoms with van der Waals surface area (Å²) < 4.78 is 29.6. The van der Waals surface area contributed by atoms with Crippen molar-refractivity contribution in [1.82, 2.24) is 14.9 Å². The first-order valence-corrected chi connectivity index (χ1v) is 11.5. The highest BCUT2D eigenvalue weighted by Gasteiger charge is 2.29. The average Bonchev–Trinajstić information content (AvgIpc) is 2.79. The summed E-state index contributed by atoms with van der Waals surface area (Å²) in [5, 5.41) is 2.67. The predicted octanol–water partition coefficient (Wildman–Crippen LogP) is 1.93. The highest BCUT2D eigenvalue weighted by Crippen LogP contribution is 2.29. The first-order valence-electron chi connectivity index (χ1n) is 11.5. The van der Waals surface area contributed by atoms with Crippen LogP contribution in [-0.4, -0.2) is 72.5 Å². The number of benzene rings is 1. The smallest absolute Gasteiger partial charge is 0.248 e.